The minimum absolute atomic E-state index is 0.0570. The molecule has 174 valence electrons. The summed E-state index contributed by atoms with van der Waals surface area (Å²) in [7, 11) is 0. The molecule has 1 aliphatic rings. The number of ether oxygens (including phenoxy) is 1. The third kappa shape index (κ3) is 5.53. The minimum Gasteiger partial charge on any atom is -0.452 e. The largest absolute Gasteiger partial charge is 0.452 e. The predicted molar refractivity (Wildman–Crippen MR) is 132 cm³/mol. The van der Waals surface area contributed by atoms with Gasteiger partial charge in [-0.2, -0.15) is 0 Å². The third-order valence-corrected chi connectivity index (χ3v) is 6.82. The molecule has 2 N–H and O–H groups in total. The molecule has 33 heavy (non-hydrogen) atoms. The minimum atomic E-state index is -0.497. The van der Waals surface area contributed by atoms with Crippen molar-refractivity contribution in [2.24, 2.45) is 0 Å². The van der Waals surface area contributed by atoms with Gasteiger partial charge in [0.05, 0.1) is 5.56 Å². The zero-order valence-electron chi connectivity index (χ0n) is 18.7. The molecule has 2 aromatic carbocycles. The van der Waals surface area contributed by atoms with Gasteiger partial charge in [-0.05, 0) is 73.6 Å². The molecule has 0 saturated carbocycles. The first-order valence-electron chi connectivity index (χ1n) is 11.5. The maximum absolute atomic E-state index is 12.6. The van der Waals surface area contributed by atoms with E-state index in [0.717, 1.165) is 48.6 Å². The first kappa shape index (κ1) is 23.7. The molecule has 1 aliphatic carbocycles. The van der Waals surface area contributed by atoms with E-state index >= 15 is 0 Å². The lowest BCUT2D eigenvalue weighted by molar-refractivity contribution is -0.124. The summed E-state index contributed by atoms with van der Waals surface area (Å²) in [5.74, 6) is -0.778. The van der Waals surface area contributed by atoms with Crippen molar-refractivity contribution < 1.29 is 14.3 Å². The smallest absolute Gasteiger partial charge is 0.338 e. The van der Waals surface area contributed by atoms with Gasteiger partial charge in [0.15, 0.2) is 6.61 Å². The lowest BCUT2D eigenvalue weighted by atomic mass is 9.94. The Labute approximate surface area is 203 Å². The number of carbonyl (C=O) groups excluding carboxylic acids is 2. The number of esters is 1. The molecule has 1 amide bonds. The van der Waals surface area contributed by atoms with Gasteiger partial charge in [0.2, 0.25) is 0 Å². The fraction of sp³-hybridized carbons (Fsp3) is 0.385. The molecule has 0 bridgehead atoms. The second kappa shape index (κ2) is 10.6. The highest BCUT2D eigenvalue weighted by molar-refractivity contribution is 6.35. The van der Waals surface area contributed by atoms with Crippen LogP contribution in [0.1, 0.15) is 65.7 Å². The van der Waals surface area contributed by atoms with Crippen LogP contribution in [0, 0.1) is 0 Å². The number of H-pyrrole nitrogens is 1. The Kier molecular flexibility index (Phi) is 7.61. The van der Waals surface area contributed by atoms with Crippen molar-refractivity contribution in [1.82, 2.24) is 10.3 Å². The molecule has 1 heterocycles. The van der Waals surface area contributed by atoms with Crippen LogP contribution in [0.2, 0.25) is 10.0 Å². The molecule has 0 saturated heterocycles. The van der Waals surface area contributed by atoms with Crippen LogP contribution in [0.25, 0.3) is 10.9 Å². The molecular weight excluding hydrogens is 459 g/mol. The number of aromatic amines is 1. The van der Waals surface area contributed by atoms with Crippen LogP contribution < -0.4 is 5.32 Å². The molecule has 0 fully saturated rings. The zero-order valence-corrected chi connectivity index (χ0v) is 20.2. The van der Waals surface area contributed by atoms with Gasteiger partial charge in [0.1, 0.15) is 0 Å². The summed E-state index contributed by atoms with van der Waals surface area (Å²) in [6, 6.07) is 10.9. The van der Waals surface area contributed by atoms with E-state index < -0.39 is 5.97 Å². The second-order valence-corrected chi connectivity index (χ2v) is 9.42. The summed E-state index contributed by atoms with van der Waals surface area (Å²) in [5.41, 5.74) is 5.01. The zero-order chi connectivity index (χ0) is 23.4. The lowest BCUT2D eigenvalue weighted by Gasteiger charge is -2.19. The molecule has 0 unspecified atom stereocenters. The average Bonchev–Trinajstić information content (AvgIpc) is 3.18. The van der Waals surface area contributed by atoms with Crippen molar-refractivity contribution >= 4 is 46.0 Å². The topological polar surface area (TPSA) is 71.2 Å². The SMILES string of the molecule is CCC[C@@H](CNC(=O)COC(=O)c1ccc2[nH]c3c(c2c1)CCCC3)c1ccc(Cl)cc1Cl. The number of fused-ring (bicyclic) bond motifs is 3. The van der Waals surface area contributed by atoms with Crippen LogP contribution in [0.4, 0.5) is 0 Å². The lowest BCUT2D eigenvalue weighted by Crippen LogP contribution is -2.32. The summed E-state index contributed by atoms with van der Waals surface area (Å²) in [6.45, 7) is 2.17. The Hall–Kier alpha value is -2.50. The highest BCUT2D eigenvalue weighted by atomic mass is 35.5. The van der Waals surface area contributed by atoms with Crippen LogP contribution in [0.3, 0.4) is 0 Å². The van der Waals surface area contributed by atoms with E-state index in [1.165, 1.54) is 17.7 Å². The number of aromatic nitrogens is 1. The van der Waals surface area contributed by atoms with Crippen molar-refractivity contribution in [2.75, 3.05) is 13.2 Å². The summed E-state index contributed by atoms with van der Waals surface area (Å²) >= 11 is 12.4. The van der Waals surface area contributed by atoms with Crippen molar-refractivity contribution in [3.63, 3.8) is 0 Å². The first-order valence-corrected chi connectivity index (χ1v) is 12.2. The summed E-state index contributed by atoms with van der Waals surface area (Å²) in [6.07, 6.45) is 6.22. The number of halogens is 2. The van der Waals surface area contributed by atoms with Crippen LogP contribution in [0.15, 0.2) is 36.4 Å². The predicted octanol–water partition coefficient (Wildman–Crippen LogP) is 6.21. The molecule has 0 spiro atoms. The van der Waals surface area contributed by atoms with Crippen LogP contribution in [-0.4, -0.2) is 30.0 Å². The number of hydrogen-bond acceptors (Lipinski definition) is 3. The number of nitrogens with one attached hydrogen (secondary N) is 2. The number of hydrogen-bond donors (Lipinski definition) is 2. The Balaban J connectivity index is 1.34. The van der Waals surface area contributed by atoms with E-state index in [0.29, 0.717) is 22.2 Å². The number of amides is 1. The summed E-state index contributed by atoms with van der Waals surface area (Å²) in [5, 5.41) is 5.11. The monoisotopic (exact) mass is 486 g/mol. The standard InChI is InChI=1S/C26H28Cl2N2O3/c1-2-5-17(19-10-9-18(27)13-22(19)28)14-29-25(31)15-33-26(32)16-8-11-24-21(12-16)20-6-3-4-7-23(20)30-24/h8-13,17,30H,2-7,14-15H2,1H3,(H,29,31)/t17-/m0/s1. The van der Waals surface area contributed by atoms with E-state index in [4.69, 9.17) is 27.9 Å². The quantitative estimate of drug-likeness (QED) is 0.371. The van der Waals surface area contributed by atoms with Gasteiger partial charge in [-0.1, -0.05) is 42.6 Å². The Bertz CT molecular complexity index is 1170. The van der Waals surface area contributed by atoms with E-state index in [1.54, 1.807) is 18.2 Å². The Morgan fingerprint density at radius 2 is 1.94 bits per heavy atom. The third-order valence-electron chi connectivity index (χ3n) is 6.25. The molecule has 5 nitrogen and oxygen atoms in total. The van der Waals surface area contributed by atoms with Gasteiger partial charge >= 0.3 is 5.97 Å². The van der Waals surface area contributed by atoms with Crippen LogP contribution in [0.5, 0.6) is 0 Å². The summed E-state index contributed by atoms with van der Waals surface area (Å²) in [4.78, 5) is 28.4. The van der Waals surface area contributed by atoms with E-state index in [2.05, 4.69) is 17.2 Å². The molecular formula is C26H28Cl2N2O3. The molecule has 0 aliphatic heterocycles. The van der Waals surface area contributed by atoms with Gasteiger partial charge in [-0.25, -0.2) is 4.79 Å². The molecule has 1 aromatic heterocycles. The summed E-state index contributed by atoms with van der Waals surface area (Å²) < 4.78 is 5.29. The molecule has 1 atom stereocenters. The Morgan fingerprint density at radius 3 is 2.73 bits per heavy atom. The number of benzene rings is 2. The maximum Gasteiger partial charge on any atom is 0.338 e. The Morgan fingerprint density at radius 1 is 1.12 bits per heavy atom. The van der Waals surface area contributed by atoms with Gasteiger partial charge in [0, 0.05) is 39.1 Å². The van der Waals surface area contributed by atoms with Crippen LogP contribution in [-0.2, 0) is 22.4 Å². The number of rotatable bonds is 8. The first-order chi connectivity index (χ1) is 16.0. The van der Waals surface area contributed by atoms with Crippen molar-refractivity contribution in [3.8, 4) is 0 Å². The highest BCUT2D eigenvalue weighted by Gasteiger charge is 2.19. The normalized spacial score (nSPS) is 14.0. The molecule has 3 aromatic rings. The van der Waals surface area contributed by atoms with E-state index in [1.807, 2.05) is 18.2 Å². The fourth-order valence-corrected chi connectivity index (χ4v) is 5.15. The van der Waals surface area contributed by atoms with Gasteiger partial charge < -0.3 is 15.0 Å². The maximum atomic E-state index is 12.6. The van der Waals surface area contributed by atoms with Gasteiger partial charge in [-0.3, -0.25) is 4.79 Å². The average molecular weight is 487 g/mol. The van der Waals surface area contributed by atoms with Crippen molar-refractivity contribution in [2.45, 2.75) is 51.4 Å². The number of aryl methyl sites for hydroxylation is 2. The van der Waals surface area contributed by atoms with Crippen LogP contribution >= 0.6 is 23.2 Å². The van der Waals surface area contributed by atoms with E-state index in [9.17, 15) is 9.59 Å². The van der Waals surface area contributed by atoms with E-state index in [-0.39, 0.29) is 18.4 Å². The molecule has 4 rings (SSSR count). The fourth-order valence-electron chi connectivity index (χ4n) is 4.58. The molecule has 7 heteroatoms. The van der Waals surface area contributed by atoms with Crippen molar-refractivity contribution in [1.29, 1.82) is 0 Å². The molecule has 0 radical (unpaired) electrons. The highest BCUT2D eigenvalue weighted by Crippen LogP contribution is 2.31. The number of carbonyl (C=O) groups is 2. The van der Waals surface area contributed by atoms with Crippen molar-refractivity contribution in [3.05, 3.63) is 68.8 Å². The second-order valence-electron chi connectivity index (χ2n) is 8.58. The van der Waals surface area contributed by atoms with Gasteiger partial charge in [-0.15, -0.1) is 0 Å². The van der Waals surface area contributed by atoms with Gasteiger partial charge in [0.25, 0.3) is 5.91 Å².